The van der Waals surface area contributed by atoms with Gasteiger partial charge in [0, 0.05) is 0 Å². The quantitative estimate of drug-likeness (QED) is 0.587. The third-order valence-electron chi connectivity index (χ3n) is 2.03. The lowest BCUT2D eigenvalue weighted by Crippen LogP contribution is -2.12. The lowest BCUT2D eigenvalue weighted by molar-refractivity contribution is 0.0988. The SMILES string of the molecule is COc1ccc(OC)c(C(=O)C(C)Cl)c1. The Morgan fingerprint density at radius 3 is 2.47 bits per heavy atom. The van der Waals surface area contributed by atoms with Crippen LogP contribution in [0.25, 0.3) is 0 Å². The third kappa shape index (κ3) is 2.63. The van der Waals surface area contributed by atoms with Crippen molar-refractivity contribution >= 4 is 17.4 Å². The standard InChI is InChI=1S/C11H13ClO3/c1-7(12)11(13)9-6-8(14-2)4-5-10(9)15-3/h4-7H,1-3H3. The Morgan fingerprint density at radius 1 is 1.33 bits per heavy atom. The van der Waals surface area contributed by atoms with Gasteiger partial charge in [0.25, 0.3) is 0 Å². The van der Waals surface area contributed by atoms with Crippen LogP contribution in [0, 0.1) is 0 Å². The molecule has 0 saturated carbocycles. The summed E-state index contributed by atoms with van der Waals surface area (Å²) in [6.07, 6.45) is 0. The summed E-state index contributed by atoms with van der Waals surface area (Å²) in [4.78, 5) is 11.7. The molecule has 3 nitrogen and oxygen atoms in total. The fraction of sp³-hybridized carbons (Fsp3) is 0.364. The van der Waals surface area contributed by atoms with Crippen molar-refractivity contribution in [1.82, 2.24) is 0 Å². The smallest absolute Gasteiger partial charge is 0.184 e. The molecule has 0 saturated heterocycles. The van der Waals surface area contributed by atoms with Gasteiger partial charge in [-0.1, -0.05) is 0 Å². The molecule has 1 rings (SSSR count). The molecule has 1 unspecified atom stereocenters. The summed E-state index contributed by atoms with van der Waals surface area (Å²) >= 11 is 5.74. The number of carbonyl (C=O) groups is 1. The van der Waals surface area contributed by atoms with Crippen molar-refractivity contribution in [3.8, 4) is 11.5 Å². The van der Waals surface area contributed by atoms with Gasteiger partial charge >= 0.3 is 0 Å². The zero-order valence-electron chi connectivity index (χ0n) is 8.91. The van der Waals surface area contributed by atoms with Crippen LogP contribution in [0.15, 0.2) is 18.2 Å². The summed E-state index contributed by atoms with van der Waals surface area (Å²) in [5.74, 6) is 0.942. The van der Waals surface area contributed by atoms with Gasteiger partial charge in [-0.05, 0) is 25.1 Å². The van der Waals surface area contributed by atoms with Gasteiger partial charge in [0.15, 0.2) is 5.78 Å². The highest BCUT2D eigenvalue weighted by Crippen LogP contribution is 2.25. The van der Waals surface area contributed by atoms with Crippen molar-refractivity contribution in [2.24, 2.45) is 0 Å². The van der Waals surface area contributed by atoms with Crippen LogP contribution >= 0.6 is 11.6 Å². The van der Waals surface area contributed by atoms with Crippen LogP contribution in [0.3, 0.4) is 0 Å². The number of hydrogen-bond donors (Lipinski definition) is 0. The Bertz CT molecular complexity index is 361. The largest absolute Gasteiger partial charge is 0.497 e. The molecule has 1 aromatic rings. The van der Waals surface area contributed by atoms with Gasteiger partial charge in [-0.15, -0.1) is 11.6 Å². The lowest BCUT2D eigenvalue weighted by atomic mass is 10.1. The second-order valence-corrected chi connectivity index (χ2v) is 3.70. The molecule has 0 radical (unpaired) electrons. The van der Waals surface area contributed by atoms with E-state index in [4.69, 9.17) is 21.1 Å². The van der Waals surface area contributed by atoms with Crippen LogP contribution in [-0.2, 0) is 0 Å². The highest BCUT2D eigenvalue weighted by Gasteiger charge is 2.17. The van der Waals surface area contributed by atoms with Crippen molar-refractivity contribution in [1.29, 1.82) is 0 Å². The molecule has 0 bridgehead atoms. The van der Waals surface area contributed by atoms with Crippen molar-refractivity contribution in [2.45, 2.75) is 12.3 Å². The number of hydrogen-bond acceptors (Lipinski definition) is 3. The molecule has 0 aromatic heterocycles. The summed E-state index contributed by atoms with van der Waals surface area (Å²) in [6, 6.07) is 5.04. The van der Waals surface area contributed by atoms with E-state index >= 15 is 0 Å². The Hall–Kier alpha value is -1.22. The number of Topliss-reactive ketones (excluding diaryl/α,β-unsaturated/α-hetero) is 1. The summed E-state index contributed by atoms with van der Waals surface area (Å²) in [7, 11) is 3.05. The number of ketones is 1. The fourth-order valence-electron chi connectivity index (χ4n) is 1.22. The molecule has 4 heteroatoms. The van der Waals surface area contributed by atoms with Crippen molar-refractivity contribution in [3.63, 3.8) is 0 Å². The molecule has 0 aliphatic carbocycles. The summed E-state index contributed by atoms with van der Waals surface area (Å²) in [6.45, 7) is 1.63. The normalized spacial score (nSPS) is 12.0. The van der Waals surface area contributed by atoms with Crippen molar-refractivity contribution < 1.29 is 14.3 Å². The number of ether oxygens (including phenoxy) is 2. The average Bonchev–Trinajstić information content (AvgIpc) is 2.27. The Labute approximate surface area is 93.9 Å². The van der Waals surface area contributed by atoms with E-state index in [1.165, 1.54) is 7.11 Å². The molecule has 0 aliphatic rings. The zero-order chi connectivity index (χ0) is 11.4. The number of methoxy groups -OCH3 is 2. The predicted octanol–water partition coefficient (Wildman–Crippen LogP) is 2.51. The molecule has 82 valence electrons. The topological polar surface area (TPSA) is 35.5 Å². The summed E-state index contributed by atoms with van der Waals surface area (Å²) < 4.78 is 10.1. The number of benzene rings is 1. The van der Waals surface area contributed by atoms with Gasteiger partial charge in [-0.2, -0.15) is 0 Å². The molecule has 1 atom stereocenters. The maximum atomic E-state index is 11.7. The maximum Gasteiger partial charge on any atom is 0.184 e. The van der Waals surface area contributed by atoms with Crippen LogP contribution in [0.5, 0.6) is 11.5 Å². The fourth-order valence-corrected chi connectivity index (χ4v) is 1.34. The van der Waals surface area contributed by atoms with E-state index in [1.807, 2.05) is 0 Å². The van der Waals surface area contributed by atoms with Crippen LogP contribution in [0.2, 0.25) is 0 Å². The Kier molecular flexibility index (Phi) is 3.97. The first kappa shape index (κ1) is 11.9. The number of carbonyl (C=O) groups excluding carboxylic acids is 1. The molecule has 0 aliphatic heterocycles. The summed E-state index contributed by atoms with van der Waals surface area (Å²) in [5, 5.41) is -0.578. The second-order valence-electron chi connectivity index (χ2n) is 3.05. The van der Waals surface area contributed by atoms with E-state index in [1.54, 1.807) is 32.2 Å². The van der Waals surface area contributed by atoms with Gasteiger partial charge in [0.05, 0.1) is 25.2 Å². The first-order valence-corrected chi connectivity index (χ1v) is 4.94. The first-order valence-electron chi connectivity index (χ1n) is 4.50. The first-order chi connectivity index (χ1) is 7.10. The molecular formula is C11H13ClO3. The summed E-state index contributed by atoms with van der Waals surface area (Å²) in [5.41, 5.74) is 0.444. The van der Waals surface area contributed by atoms with Gasteiger partial charge in [-0.25, -0.2) is 0 Å². The zero-order valence-corrected chi connectivity index (χ0v) is 9.67. The molecular weight excluding hydrogens is 216 g/mol. The van der Waals surface area contributed by atoms with E-state index < -0.39 is 5.38 Å². The Morgan fingerprint density at radius 2 is 2.00 bits per heavy atom. The molecule has 1 aromatic carbocycles. The monoisotopic (exact) mass is 228 g/mol. The molecule has 0 N–H and O–H groups in total. The van der Waals surface area contributed by atoms with Gasteiger partial charge in [0.1, 0.15) is 11.5 Å². The lowest BCUT2D eigenvalue weighted by Gasteiger charge is -2.10. The van der Waals surface area contributed by atoms with Crippen LogP contribution < -0.4 is 9.47 Å². The van der Waals surface area contributed by atoms with Crippen molar-refractivity contribution in [2.75, 3.05) is 14.2 Å². The van der Waals surface area contributed by atoms with Crippen LogP contribution in [0.4, 0.5) is 0 Å². The predicted molar refractivity (Wildman–Crippen MR) is 59.2 cm³/mol. The molecule has 0 amide bonds. The van der Waals surface area contributed by atoms with Crippen molar-refractivity contribution in [3.05, 3.63) is 23.8 Å². The minimum absolute atomic E-state index is 0.174. The minimum atomic E-state index is -0.578. The number of halogens is 1. The van der Waals surface area contributed by atoms with Gasteiger partial charge < -0.3 is 9.47 Å². The van der Waals surface area contributed by atoms with E-state index in [2.05, 4.69) is 0 Å². The highest BCUT2D eigenvalue weighted by molar-refractivity contribution is 6.34. The molecule has 0 heterocycles. The number of alkyl halides is 1. The van der Waals surface area contributed by atoms with Crippen LogP contribution in [0.1, 0.15) is 17.3 Å². The number of rotatable bonds is 4. The average molecular weight is 229 g/mol. The van der Waals surface area contributed by atoms with Gasteiger partial charge in [0.2, 0.25) is 0 Å². The highest BCUT2D eigenvalue weighted by atomic mass is 35.5. The van der Waals surface area contributed by atoms with E-state index in [-0.39, 0.29) is 5.78 Å². The molecule has 0 spiro atoms. The van der Waals surface area contributed by atoms with Crippen LogP contribution in [-0.4, -0.2) is 25.4 Å². The minimum Gasteiger partial charge on any atom is -0.497 e. The maximum absolute atomic E-state index is 11.7. The van der Waals surface area contributed by atoms with E-state index in [9.17, 15) is 4.79 Å². The molecule has 0 fully saturated rings. The van der Waals surface area contributed by atoms with Gasteiger partial charge in [-0.3, -0.25) is 4.79 Å². The third-order valence-corrected chi connectivity index (χ3v) is 2.23. The molecule has 15 heavy (non-hydrogen) atoms. The Balaban J connectivity index is 3.17. The van der Waals surface area contributed by atoms with E-state index in [0.29, 0.717) is 17.1 Å². The second kappa shape index (κ2) is 5.03. The van der Waals surface area contributed by atoms with E-state index in [0.717, 1.165) is 0 Å².